The van der Waals surface area contributed by atoms with Gasteiger partial charge < -0.3 is 4.90 Å². The molecule has 3 rings (SSSR count). The molecule has 1 fully saturated rings. The molecule has 0 aromatic carbocycles. The minimum Gasteiger partial charge on any atom is -0.339 e. The number of amides is 1. The van der Waals surface area contributed by atoms with Crippen molar-refractivity contribution >= 4 is 22.8 Å². The third-order valence-electron chi connectivity index (χ3n) is 3.60. The van der Waals surface area contributed by atoms with Crippen molar-refractivity contribution in [3.05, 3.63) is 58.0 Å². The van der Waals surface area contributed by atoms with Gasteiger partial charge in [0.1, 0.15) is 0 Å². The van der Waals surface area contributed by atoms with Crippen molar-refractivity contribution in [2.75, 3.05) is 13.1 Å². The number of carbonyl (C=O) groups is 1. The number of hydrogen-bond acceptors (Lipinski definition) is 2. The highest BCUT2D eigenvalue weighted by molar-refractivity contribution is 7.11. The van der Waals surface area contributed by atoms with E-state index in [1.165, 1.54) is 6.42 Å². The van der Waals surface area contributed by atoms with Crippen LogP contribution in [0.2, 0.25) is 0 Å². The molecule has 0 N–H and O–H groups in total. The second-order valence-electron chi connectivity index (χ2n) is 5.03. The zero-order valence-corrected chi connectivity index (χ0v) is 12.2. The average Bonchev–Trinajstić information content (AvgIpc) is 2.83. The molecule has 0 saturated carbocycles. The molecule has 1 aromatic heterocycles. The third-order valence-corrected chi connectivity index (χ3v) is 4.58. The highest BCUT2D eigenvalue weighted by Crippen LogP contribution is 2.26. The van der Waals surface area contributed by atoms with E-state index in [-0.39, 0.29) is 5.91 Å². The number of allylic oxidation sites excluding steroid dienone is 5. The van der Waals surface area contributed by atoms with E-state index in [0.717, 1.165) is 41.9 Å². The number of thiophene rings is 1. The lowest BCUT2D eigenvalue weighted by Gasteiger charge is -2.26. The van der Waals surface area contributed by atoms with Crippen LogP contribution in [0.4, 0.5) is 0 Å². The summed E-state index contributed by atoms with van der Waals surface area (Å²) in [6.45, 7) is 1.80. The smallest absolute Gasteiger partial charge is 0.254 e. The van der Waals surface area contributed by atoms with Crippen LogP contribution in [-0.2, 0) is 0 Å². The molecule has 0 bridgehead atoms. The first-order valence-electron chi connectivity index (χ1n) is 7.02. The Kier molecular flexibility index (Phi) is 4.00. The fraction of sp³-hybridized carbons (Fsp3) is 0.294. The Bertz CT molecular complexity index is 623. The Hall–Kier alpha value is -1.83. The average molecular weight is 283 g/mol. The standard InChI is InChI=1S/C17H17NOS/c19-17(18-10-6-3-7-11-18)15-12-16(20-13-15)14-8-4-1-2-5-9-14/h1,4-5,8-9,12-13H,3,6-7,10-11H2. The summed E-state index contributed by atoms with van der Waals surface area (Å²) in [5.74, 6) is 0.180. The minimum atomic E-state index is 0.180. The predicted molar refractivity (Wildman–Crippen MR) is 83.8 cm³/mol. The SMILES string of the molecule is O=C(c1csc(C2=CC=C=CC=C2)c1)N1CCCCC1. The van der Waals surface area contributed by atoms with Crippen LogP contribution in [-0.4, -0.2) is 23.9 Å². The van der Waals surface area contributed by atoms with Crippen LogP contribution in [0.3, 0.4) is 0 Å². The molecule has 0 atom stereocenters. The minimum absolute atomic E-state index is 0.180. The molecular weight excluding hydrogens is 266 g/mol. The quantitative estimate of drug-likeness (QED) is 0.750. The summed E-state index contributed by atoms with van der Waals surface area (Å²) >= 11 is 1.63. The Morgan fingerprint density at radius 2 is 2.05 bits per heavy atom. The van der Waals surface area contributed by atoms with E-state index < -0.39 is 0 Å². The molecular formula is C17H17NOS. The Morgan fingerprint density at radius 3 is 2.90 bits per heavy atom. The zero-order valence-electron chi connectivity index (χ0n) is 11.3. The molecule has 102 valence electrons. The summed E-state index contributed by atoms with van der Waals surface area (Å²) in [5, 5.41) is 1.98. The molecule has 0 spiro atoms. The lowest BCUT2D eigenvalue weighted by molar-refractivity contribution is 0.0725. The first-order valence-corrected chi connectivity index (χ1v) is 7.90. The molecule has 1 amide bonds. The Balaban J connectivity index is 1.78. The number of rotatable bonds is 2. The van der Waals surface area contributed by atoms with E-state index >= 15 is 0 Å². The molecule has 0 radical (unpaired) electrons. The Labute approximate surface area is 123 Å². The summed E-state index contributed by atoms with van der Waals surface area (Å²) in [7, 11) is 0. The normalized spacial score (nSPS) is 18.0. The van der Waals surface area contributed by atoms with Crippen molar-refractivity contribution in [1.82, 2.24) is 4.90 Å². The van der Waals surface area contributed by atoms with Crippen LogP contribution in [0, 0.1) is 0 Å². The van der Waals surface area contributed by atoms with Crippen molar-refractivity contribution in [2.24, 2.45) is 0 Å². The van der Waals surface area contributed by atoms with Gasteiger partial charge in [0, 0.05) is 23.3 Å². The molecule has 1 aliphatic carbocycles. The van der Waals surface area contributed by atoms with E-state index in [4.69, 9.17) is 0 Å². The number of carbonyl (C=O) groups excluding carboxylic acids is 1. The molecule has 2 aliphatic rings. The number of nitrogens with zero attached hydrogens (tertiary/aromatic N) is 1. The maximum atomic E-state index is 12.4. The monoisotopic (exact) mass is 283 g/mol. The van der Waals surface area contributed by atoms with Crippen molar-refractivity contribution < 1.29 is 4.79 Å². The molecule has 20 heavy (non-hydrogen) atoms. The fourth-order valence-electron chi connectivity index (χ4n) is 2.50. The molecule has 2 heterocycles. The van der Waals surface area contributed by atoms with E-state index in [1.54, 1.807) is 11.3 Å². The van der Waals surface area contributed by atoms with E-state index in [9.17, 15) is 4.79 Å². The van der Waals surface area contributed by atoms with E-state index in [1.807, 2.05) is 40.7 Å². The largest absolute Gasteiger partial charge is 0.339 e. The van der Waals surface area contributed by atoms with E-state index in [0.29, 0.717) is 0 Å². The van der Waals surface area contributed by atoms with Gasteiger partial charge in [0.25, 0.3) is 5.91 Å². The van der Waals surface area contributed by atoms with Crippen LogP contribution in [0.15, 0.2) is 47.6 Å². The number of likely N-dealkylation sites (tertiary alicyclic amines) is 1. The molecule has 1 aromatic rings. The molecule has 1 saturated heterocycles. The van der Waals surface area contributed by atoms with Crippen LogP contribution in [0.1, 0.15) is 34.5 Å². The molecule has 0 unspecified atom stereocenters. The lowest BCUT2D eigenvalue weighted by atomic mass is 10.1. The van der Waals surface area contributed by atoms with Crippen LogP contribution >= 0.6 is 11.3 Å². The Morgan fingerprint density at radius 1 is 1.20 bits per heavy atom. The summed E-state index contributed by atoms with van der Waals surface area (Å²) in [6.07, 6.45) is 13.4. The fourth-order valence-corrected chi connectivity index (χ4v) is 3.39. The van der Waals surface area contributed by atoms with Gasteiger partial charge in [0.15, 0.2) is 0 Å². The van der Waals surface area contributed by atoms with Crippen LogP contribution in [0.5, 0.6) is 0 Å². The van der Waals surface area contributed by atoms with Gasteiger partial charge >= 0.3 is 0 Å². The van der Waals surface area contributed by atoms with Crippen molar-refractivity contribution in [3.63, 3.8) is 0 Å². The van der Waals surface area contributed by atoms with E-state index in [2.05, 4.69) is 11.8 Å². The van der Waals surface area contributed by atoms with Gasteiger partial charge in [-0.2, -0.15) is 0 Å². The highest BCUT2D eigenvalue weighted by atomic mass is 32.1. The summed E-state index contributed by atoms with van der Waals surface area (Å²) in [6, 6.07) is 2.01. The first kappa shape index (κ1) is 13.2. The molecule has 2 nitrogen and oxygen atoms in total. The number of hydrogen-bond donors (Lipinski definition) is 0. The van der Waals surface area contributed by atoms with Crippen LogP contribution in [0.25, 0.3) is 5.57 Å². The third kappa shape index (κ3) is 2.84. The zero-order chi connectivity index (χ0) is 13.8. The maximum absolute atomic E-state index is 12.4. The summed E-state index contributed by atoms with van der Waals surface area (Å²) in [4.78, 5) is 15.5. The summed E-state index contributed by atoms with van der Waals surface area (Å²) in [5.41, 5.74) is 5.00. The summed E-state index contributed by atoms with van der Waals surface area (Å²) < 4.78 is 0. The van der Waals surface area contributed by atoms with Gasteiger partial charge in [0.05, 0.1) is 5.56 Å². The highest BCUT2D eigenvalue weighted by Gasteiger charge is 2.19. The maximum Gasteiger partial charge on any atom is 0.254 e. The van der Waals surface area contributed by atoms with Crippen LogP contribution < -0.4 is 0 Å². The van der Waals surface area contributed by atoms with Gasteiger partial charge in [0.2, 0.25) is 0 Å². The topological polar surface area (TPSA) is 20.3 Å². The second-order valence-corrected chi connectivity index (χ2v) is 5.94. The van der Waals surface area contributed by atoms with Gasteiger partial charge in [-0.25, -0.2) is 0 Å². The van der Waals surface area contributed by atoms with Gasteiger partial charge in [-0.15, -0.1) is 17.1 Å². The van der Waals surface area contributed by atoms with Crippen molar-refractivity contribution in [2.45, 2.75) is 19.3 Å². The van der Waals surface area contributed by atoms with Gasteiger partial charge in [-0.05, 0) is 49.1 Å². The van der Waals surface area contributed by atoms with Gasteiger partial charge in [-0.3, -0.25) is 4.79 Å². The second kappa shape index (κ2) is 6.08. The first-order chi connectivity index (χ1) is 9.84. The predicted octanol–water partition coefficient (Wildman–Crippen LogP) is 4.04. The lowest BCUT2D eigenvalue weighted by Crippen LogP contribution is -2.35. The van der Waals surface area contributed by atoms with Crippen molar-refractivity contribution in [1.29, 1.82) is 0 Å². The van der Waals surface area contributed by atoms with Gasteiger partial charge in [-0.1, -0.05) is 12.2 Å². The molecule has 1 aliphatic heterocycles. The van der Waals surface area contributed by atoms with Crippen molar-refractivity contribution in [3.8, 4) is 0 Å². The number of piperidine rings is 1. The molecule has 3 heteroatoms.